The van der Waals surface area contributed by atoms with Crippen LogP contribution in [0.2, 0.25) is 0 Å². The molecule has 0 saturated carbocycles. The van der Waals surface area contributed by atoms with Crippen molar-refractivity contribution in [1.82, 2.24) is 9.80 Å². The summed E-state index contributed by atoms with van der Waals surface area (Å²) in [5.74, 6) is 0.813. The molecule has 4 heteroatoms. The molecule has 16 heavy (non-hydrogen) atoms. The molecule has 4 nitrogen and oxygen atoms in total. The number of likely N-dealkylation sites (N-methyl/N-ethyl adjacent to an activating group) is 1. The van der Waals surface area contributed by atoms with Gasteiger partial charge in [-0.25, -0.2) is 0 Å². The van der Waals surface area contributed by atoms with Gasteiger partial charge >= 0.3 is 0 Å². The van der Waals surface area contributed by atoms with Gasteiger partial charge in [0, 0.05) is 19.1 Å². The zero-order valence-electron chi connectivity index (χ0n) is 10.6. The summed E-state index contributed by atoms with van der Waals surface area (Å²) in [7, 11) is 1.88. The Kier molecular flexibility index (Phi) is 5.22. The standard InChI is InChI=1S/C12H24N2O2/c1-10-5-4-6-14(7-10)12(16)8-13(3)11(2)9-15/h10-11,15H,4-9H2,1-3H3. The lowest BCUT2D eigenvalue weighted by molar-refractivity contribution is -0.134. The molecule has 0 aromatic heterocycles. The summed E-state index contributed by atoms with van der Waals surface area (Å²) in [6.07, 6.45) is 2.35. The summed E-state index contributed by atoms with van der Waals surface area (Å²) in [5, 5.41) is 9.00. The predicted molar refractivity (Wildman–Crippen MR) is 64.2 cm³/mol. The molecule has 1 heterocycles. The van der Waals surface area contributed by atoms with Crippen molar-refractivity contribution >= 4 is 5.91 Å². The molecule has 1 N–H and O–H groups in total. The Morgan fingerprint density at radius 1 is 1.62 bits per heavy atom. The molecule has 2 unspecified atom stereocenters. The van der Waals surface area contributed by atoms with E-state index in [1.807, 2.05) is 23.8 Å². The molecule has 0 aromatic rings. The number of rotatable bonds is 4. The van der Waals surface area contributed by atoms with Crippen molar-refractivity contribution in [3.63, 3.8) is 0 Å². The van der Waals surface area contributed by atoms with Crippen molar-refractivity contribution in [2.45, 2.75) is 32.7 Å². The Balaban J connectivity index is 2.39. The molecule has 1 fully saturated rings. The normalized spacial score (nSPS) is 23.6. The van der Waals surface area contributed by atoms with Gasteiger partial charge in [0.25, 0.3) is 0 Å². The second kappa shape index (κ2) is 6.21. The molecular formula is C12H24N2O2. The fourth-order valence-electron chi connectivity index (χ4n) is 2.02. The Morgan fingerprint density at radius 3 is 2.88 bits per heavy atom. The van der Waals surface area contributed by atoms with Gasteiger partial charge in [0.15, 0.2) is 0 Å². The van der Waals surface area contributed by atoms with Crippen LogP contribution in [0.4, 0.5) is 0 Å². The van der Waals surface area contributed by atoms with Crippen LogP contribution < -0.4 is 0 Å². The first-order chi connectivity index (χ1) is 7.54. The highest BCUT2D eigenvalue weighted by molar-refractivity contribution is 5.78. The van der Waals surface area contributed by atoms with Crippen LogP contribution in [0.1, 0.15) is 26.7 Å². The van der Waals surface area contributed by atoms with Gasteiger partial charge in [-0.1, -0.05) is 6.92 Å². The zero-order valence-corrected chi connectivity index (χ0v) is 10.6. The molecule has 2 atom stereocenters. The highest BCUT2D eigenvalue weighted by atomic mass is 16.3. The number of hydrogen-bond acceptors (Lipinski definition) is 3. The number of carbonyl (C=O) groups is 1. The number of amides is 1. The minimum absolute atomic E-state index is 0.0474. The molecule has 1 amide bonds. The molecular weight excluding hydrogens is 204 g/mol. The lowest BCUT2D eigenvalue weighted by atomic mass is 10.0. The smallest absolute Gasteiger partial charge is 0.236 e. The maximum Gasteiger partial charge on any atom is 0.236 e. The van der Waals surface area contributed by atoms with Gasteiger partial charge in [0.05, 0.1) is 13.2 Å². The van der Waals surface area contributed by atoms with Gasteiger partial charge in [-0.3, -0.25) is 9.69 Å². The van der Waals surface area contributed by atoms with Gasteiger partial charge < -0.3 is 10.0 Å². The first kappa shape index (κ1) is 13.5. The minimum Gasteiger partial charge on any atom is -0.395 e. The highest BCUT2D eigenvalue weighted by Crippen LogP contribution is 2.15. The van der Waals surface area contributed by atoms with Gasteiger partial charge in [0.1, 0.15) is 0 Å². The van der Waals surface area contributed by atoms with E-state index in [0.29, 0.717) is 12.5 Å². The topological polar surface area (TPSA) is 43.8 Å². The summed E-state index contributed by atoms with van der Waals surface area (Å²) in [6, 6.07) is 0.0474. The number of hydrogen-bond donors (Lipinski definition) is 1. The monoisotopic (exact) mass is 228 g/mol. The molecule has 94 valence electrons. The van der Waals surface area contributed by atoms with Gasteiger partial charge in [-0.05, 0) is 32.7 Å². The number of aliphatic hydroxyl groups excluding tert-OH is 1. The molecule has 0 aliphatic carbocycles. The van der Waals surface area contributed by atoms with Crippen LogP contribution in [0.25, 0.3) is 0 Å². The number of likely N-dealkylation sites (tertiary alicyclic amines) is 1. The van der Waals surface area contributed by atoms with Crippen molar-refractivity contribution < 1.29 is 9.90 Å². The van der Waals surface area contributed by atoms with E-state index in [1.165, 1.54) is 6.42 Å². The molecule has 1 saturated heterocycles. The molecule has 1 aliphatic rings. The predicted octanol–water partition coefficient (Wildman–Crippen LogP) is 0.557. The molecule has 0 spiro atoms. The quantitative estimate of drug-likeness (QED) is 0.764. The van der Waals surface area contributed by atoms with E-state index in [9.17, 15) is 4.79 Å². The second-order valence-electron chi connectivity index (χ2n) is 5.03. The summed E-state index contributed by atoms with van der Waals surface area (Å²) in [4.78, 5) is 15.8. The first-order valence-electron chi connectivity index (χ1n) is 6.13. The number of carbonyl (C=O) groups excluding carboxylic acids is 1. The Morgan fingerprint density at radius 2 is 2.31 bits per heavy atom. The highest BCUT2D eigenvalue weighted by Gasteiger charge is 2.22. The Hall–Kier alpha value is -0.610. The van der Waals surface area contributed by atoms with E-state index in [2.05, 4.69) is 6.92 Å². The Bertz CT molecular complexity index is 233. The third kappa shape index (κ3) is 3.76. The van der Waals surface area contributed by atoms with Crippen molar-refractivity contribution in [3.05, 3.63) is 0 Å². The van der Waals surface area contributed by atoms with E-state index < -0.39 is 0 Å². The molecule has 1 rings (SSSR count). The van der Waals surface area contributed by atoms with Crippen LogP contribution in [0.15, 0.2) is 0 Å². The summed E-state index contributed by atoms with van der Waals surface area (Å²) in [6.45, 7) is 6.41. The van der Waals surface area contributed by atoms with Crippen LogP contribution in [0, 0.1) is 5.92 Å². The average Bonchev–Trinajstić information content (AvgIpc) is 2.27. The third-order valence-corrected chi connectivity index (χ3v) is 3.41. The van der Waals surface area contributed by atoms with E-state index in [0.717, 1.165) is 19.5 Å². The molecule has 0 aromatic carbocycles. The molecule has 1 aliphatic heterocycles. The van der Waals surface area contributed by atoms with Crippen molar-refractivity contribution in [1.29, 1.82) is 0 Å². The maximum atomic E-state index is 12.0. The van der Waals surface area contributed by atoms with Crippen molar-refractivity contribution in [3.8, 4) is 0 Å². The van der Waals surface area contributed by atoms with E-state index >= 15 is 0 Å². The van der Waals surface area contributed by atoms with Crippen molar-refractivity contribution in [2.75, 3.05) is 33.3 Å². The molecule has 0 bridgehead atoms. The van der Waals surface area contributed by atoms with Crippen molar-refractivity contribution in [2.24, 2.45) is 5.92 Å². The average molecular weight is 228 g/mol. The number of aliphatic hydroxyl groups is 1. The SMILES string of the molecule is CC1CCCN(C(=O)CN(C)C(C)CO)C1. The van der Waals surface area contributed by atoms with E-state index in [4.69, 9.17) is 5.11 Å². The summed E-state index contributed by atoms with van der Waals surface area (Å²) >= 11 is 0. The first-order valence-corrected chi connectivity index (χ1v) is 6.13. The van der Waals surface area contributed by atoms with Gasteiger partial charge in [-0.2, -0.15) is 0 Å². The lowest BCUT2D eigenvalue weighted by Gasteiger charge is -2.33. The third-order valence-electron chi connectivity index (χ3n) is 3.41. The number of piperidine rings is 1. The van der Waals surface area contributed by atoms with E-state index in [-0.39, 0.29) is 18.6 Å². The van der Waals surface area contributed by atoms with Crippen LogP contribution in [-0.2, 0) is 4.79 Å². The van der Waals surface area contributed by atoms with Crippen LogP contribution in [0.5, 0.6) is 0 Å². The zero-order chi connectivity index (χ0) is 12.1. The van der Waals surface area contributed by atoms with Gasteiger partial charge in [0.2, 0.25) is 5.91 Å². The van der Waals surface area contributed by atoms with E-state index in [1.54, 1.807) is 0 Å². The summed E-state index contributed by atoms with van der Waals surface area (Å²) in [5.41, 5.74) is 0. The second-order valence-corrected chi connectivity index (χ2v) is 5.03. The van der Waals surface area contributed by atoms with Gasteiger partial charge in [-0.15, -0.1) is 0 Å². The molecule has 0 radical (unpaired) electrons. The number of nitrogens with zero attached hydrogens (tertiary/aromatic N) is 2. The maximum absolute atomic E-state index is 12.0. The fraction of sp³-hybridized carbons (Fsp3) is 0.917. The van der Waals surface area contributed by atoms with Crippen LogP contribution >= 0.6 is 0 Å². The van der Waals surface area contributed by atoms with Crippen LogP contribution in [-0.4, -0.2) is 60.1 Å². The lowest BCUT2D eigenvalue weighted by Crippen LogP contribution is -2.46. The summed E-state index contributed by atoms with van der Waals surface area (Å²) < 4.78 is 0. The minimum atomic E-state index is 0.0474. The van der Waals surface area contributed by atoms with Crippen LogP contribution in [0.3, 0.4) is 0 Å². The fourth-order valence-corrected chi connectivity index (χ4v) is 2.02. The Labute approximate surface area is 98.2 Å². The largest absolute Gasteiger partial charge is 0.395 e.